The van der Waals surface area contributed by atoms with Crippen LogP contribution in [0.3, 0.4) is 0 Å². The Hall–Kier alpha value is -2.55. The molecule has 3 N–H and O–H groups in total. The summed E-state index contributed by atoms with van der Waals surface area (Å²) in [6, 6.07) is 4.28. The lowest BCUT2D eigenvalue weighted by Gasteiger charge is -2.53. The standard InChI is InChI=1S/C23H32FN5O2S/c1-14-16(24)9-7-10-17(14)25-21(31)29-13-15-18(22(29,2)3)27-28-19(15)26-20(30)23(11-8-12-23)32(4,5)6/h7,9-10H,8,11-13H2,1-6H3,(H,25,31)(H2,26,27,28,30). The number of carbonyl (C=O) groups is 2. The van der Waals surface area contributed by atoms with E-state index in [2.05, 4.69) is 39.6 Å². The van der Waals surface area contributed by atoms with Gasteiger partial charge in [0.1, 0.15) is 5.82 Å². The van der Waals surface area contributed by atoms with Crippen LogP contribution in [0.1, 0.15) is 49.9 Å². The Balaban J connectivity index is 1.55. The molecule has 0 saturated heterocycles. The smallest absolute Gasteiger partial charge is 0.309 e. The number of aromatic amines is 1. The zero-order chi connectivity index (χ0) is 23.5. The number of amides is 3. The molecular weight excluding hydrogens is 429 g/mol. The summed E-state index contributed by atoms with van der Waals surface area (Å²) in [5.41, 5.74) is 1.77. The summed E-state index contributed by atoms with van der Waals surface area (Å²) in [6.45, 7) is 5.78. The number of fused-ring (bicyclic) bond motifs is 1. The molecule has 1 aliphatic heterocycles. The Morgan fingerprint density at radius 2 is 1.88 bits per heavy atom. The molecule has 32 heavy (non-hydrogen) atoms. The number of rotatable bonds is 4. The second kappa shape index (κ2) is 7.50. The number of nitrogens with one attached hydrogen (secondary N) is 3. The van der Waals surface area contributed by atoms with E-state index in [1.165, 1.54) is 6.07 Å². The van der Waals surface area contributed by atoms with Crippen molar-refractivity contribution in [3.8, 4) is 0 Å². The van der Waals surface area contributed by atoms with E-state index in [9.17, 15) is 14.0 Å². The number of aromatic nitrogens is 2. The topological polar surface area (TPSA) is 90.1 Å². The predicted octanol–water partition coefficient (Wildman–Crippen LogP) is 4.70. The molecule has 2 heterocycles. The van der Waals surface area contributed by atoms with Crippen molar-refractivity contribution in [1.29, 1.82) is 0 Å². The van der Waals surface area contributed by atoms with Gasteiger partial charge in [0.05, 0.1) is 22.5 Å². The van der Waals surface area contributed by atoms with E-state index in [0.717, 1.165) is 30.5 Å². The average Bonchev–Trinajstić information content (AvgIpc) is 3.15. The van der Waals surface area contributed by atoms with Crippen LogP contribution >= 0.6 is 10.0 Å². The monoisotopic (exact) mass is 461 g/mol. The quantitative estimate of drug-likeness (QED) is 0.617. The molecular formula is C23H32FN5O2S. The summed E-state index contributed by atoms with van der Waals surface area (Å²) < 4.78 is 13.6. The maximum Gasteiger partial charge on any atom is 0.322 e. The van der Waals surface area contributed by atoms with Crippen molar-refractivity contribution in [1.82, 2.24) is 15.1 Å². The highest BCUT2D eigenvalue weighted by Crippen LogP contribution is 2.60. The van der Waals surface area contributed by atoms with Gasteiger partial charge in [-0.2, -0.15) is 5.10 Å². The summed E-state index contributed by atoms with van der Waals surface area (Å²) in [5, 5.41) is 13.3. The Labute approximate surface area is 189 Å². The number of hydrogen-bond acceptors (Lipinski definition) is 3. The number of anilines is 2. The third-order valence-corrected chi connectivity index (χ3v) is 10.1. The molecule has 1 saturated carbocycles. The minimum absolute atomic E-state index is 0.0247. The molecule has 0 atom stereocenters. The van der Waals surface area contributed by atoms with E-state index in [4.69, 9.17) is 0 Å². The zero-order valence-corrected chi connectivity index (χ0v) is 20.4. The number of halogens is 1. The lowest BCUT2D eigenvalue weighted by Crippen LogP contribution is -2.51. The first-order valence-electron chi connectivity index (χ1n) is 10.8. The number of nitrogens with zero attached hydrogens (tertiary/aromatic N) is 2. The molecule has 2 aliphatic rings. The van der Waals surface area contributed by atoms with Crippen molar-refractivity contribution in [3.05, 3.63) is 40.8 Å². The molecule has 174 valence electrons. The van der Waals surface area contributed by atoms with Crippen LogP contribution in [0.25, 0.3) is 0 Å². The summed E-state index contributed by atoms with van der Waals surface area (Å²) in [4.78, 5) is 28.1. The molecule has 1 fully saturated rings. The summed E-state index contributed by atoms with van der Waals surface area (Å²) in [7, 11) is -1.09. The molecule has 0 spiro atoms. The minimum Gasteiger partial charge on any atom is -0.309 e. The van der Waals surface area contributed by atoms with Gasteiger partial charge >= 0.3 is 6.03 Å². The number of hydrogen-bond donors (Lipinski definition) is 3. The van der Waals surface area contributed by atoms with Crippen molar-refractivity contribution in [2.24, 2.45) is 0 Å². The second-order valence-electron chi connectivity index (χ2n) is 10.1. The van der Waals surface area contributed by atoms with Crippen molar-refractivity contribution >= 4 is 33.5 Å². The van der Waals surface area contributed by atoms with Crippen LogP contribution in [-0.4, -0.2) is 50.5 Å². The molecule has 0 bridgehead atoms. The first-order chi connectivity index (χ1) is 14.9. The van der Waals surface area contributed by atoms with E-state index in [-0.39, 0.29) is 22.5 Å². The Kier molecular flexibility index (Phi) is 5.31. The van der Waals surface area contributed by atoms with Gasteiger partial charge in [-0.15, -0.1) is 0 Å². The molecule has 4 rings (SSSR count). The number of carbonyl (C=O) groups excluding carboxylic acids is 2. The van der Waals surface area contributed by atoms with Crippen molar-refractivity contribution in [2.45, 2.75) is 56.9 Å². The van der Waals surface area contributed by atoms with E-state index in [1.807, 2.05) is 13.8 Å². The van der Waals surface area contributed by atoms with Crippen LogP contribution in [0.15, 0.2) is 18.2 Å². The first kappa shape index (κ1) is 22.6. The molecule has 0 radical (unpaired) electrons. The fraction of sp³-hybridized carbons (Fsp3) is 0.522. The fourth-order valence-electron chi connectivity index (χ4n) is 4.71. The zero-order valence-electron chi connectivity index (χ0n) is 19.6. The van der Waals surface area contributed by atoms with E-state index < -0.39 is 15.6 Å². The SMILES string of the molecule is Cc1c(F)cccc1NC(=O)N1Cc2c(NC(=O)C3(S(C)(C)C)CCC3)n[nH]c2C1(C)C. The van der Waals surface area contributed by atoms with Crippen LogP contribution in [0.4, 0.5) is 20.7 Å². The highest BCUT2D eigenvalue weighted by molar-refractivity contribution is 8.33. The fourth-order valence-corrected chi connectivity index (χ4v) is 6.83. The highest BCUT2D eigenvalue weighted by atomic mass is 32.3. The van der Waals surface area contributed by atoms with E-state index in [0.29, 0.717) is 23.6 Å². The van der Waals surface area contributed by atoms with Crippen molar-refractivity contribution in [3.63, 3.8) is 0 Å². The van der Waals surface area contributed by atoms with Gasteiger partial charge in [0.2, 0.25) is 5.91 Å². The van der Waals surface area contributed by atoms with Crippen LogP contribution in [0, 0.1) is 12.7 Å². The van der Waals surface area contributed by atoms with Gasteiger partial charge in [-0.05, 0) is 70.9 Å². The summed E-state index contributed by atoms with van der Waals surface area (Å²) >= 11 is 0. The maximum atomic E-state index is 13.9. The van der Waals surface area contributed by atoms with E-state index >= 15 is 0 Å². The first-order valence-corrected chi connectivity index (χ1v) is 13.6. The van der Waals surface area contributed by atoms with Crippen LogP contribution in [0.2, 0.25) is 0 Å². The molecule has 0 unspecified atom stereocenters. The van der Waals surface area contributed by atoms with Crippen LogP contribution in [-0.2, 0) is 16.9 Å². The third kappa shape index (κ3) is 3.37. The van der Waals surface area contributed by atoms with Crippen molar-refractivity contribution in [2.75, 3.05) is 29.4 Å². The molecule has 7 nitrogen and oxygen atoms in total. The molecule has 1 aromatic heterocycles. The van der Waals surface area contributed by atoms with Gasteiger partial charge in [-0.3, -0.25) is 9.89 Å². The van der Waals surface area contributed by atoms with Crippen LogP contribution < -0.4 is 10.6 Å². The molecule has 9 heteroatoms. The van der Waals surface area contributed by atoms with Gasteiger partial charge < -0.3 is 15.5 Å². The average molecular weight is 462 g/mol. The van der Waals surface area contributed by atoms with Gasteiger partial charge in [0.15, 0.2) is 5.82 Å². The molecule has 1 aliphatic carbocycles. The Bertz CT molecular complexity index is 1080. The normalized spacial score (nSPS) is 19.2. The lowest BCUT2D eigenvalue weighted by molar-refractivity contribution is -0.120. The van der Waals surface area contributed by atoms with E-state index in [1.54, 1.807) is 24.0 Å². The third-order valence-electron chi connectivity index (χ3n) is 7.20. The van der Waals surface area contributed by atoms with Gasteiger partial charge in [-0.25, -0.2) is 19.2 Å². The van der Waals surface area contributed by atoms with Crippen molar-refractivity contribution < 1.29 is 14.0 Å². The predicted molar refractivity (Wildman–Crippen MR) is 128 cm³/mol. The number of urea groups is 1. The summed E-state index contributed by atoms with van der Waals surface area (Å²) in [5.74, 6) is 0.149. The summed E-state index contributed by atoms with van der Waals surface area (Å²) in [6.07, 6.45) is 9.42. The molecule has 2 aromatic rings. The molecule has 3 amide bonds. The minimum atomic E-state index is -1.09. The highest BCUT2D eigenvalue weighted by Gasteiger charge is 2.51. The Morgan fingerprint density at radius 1 is 1.19 bits per heavy atom. The number of H-pyrrole nitrogens is 1. The lowest BCUT2D eigenvalue weighted by atomic mass is 9.83. The molecule has 1 aromatic carbocycles. The second-order valence-corrected chi connectivity index (χ2v) is 14.5. The van der Waals surface area contributed by atoms with Crippen LogP contribution in [0.5, 0.6) is 0 Å². The number of benzene rings is 1. The van der Waals surface area contributed by atoms with Gasteiger partial charge in [0, 0.05) is 16.8 Å². The van der Waals surface area contributed by atoms with Gasteiger partial charge in [-0.1, -0.05) is 6.07 Å². The Morgan fingerprint density at radius 3 is 2.47 bits per heavy atom. The maximum absolute atomic E-state index is 13.9. The van der Waals surface area contributed by atoms with Gasteiger partial charge in [0.25, 0.3) is 0 Å². The largest absolute Gasteiger partial charge is 0.322 e.